The minimum atomic E-state index is -0.988. The summed E-state index contributed by atoms with van der Waals surface area (Å²) in [5.41, 5.74) is 1.66. The number of hydrogen-bond acceptors (Lipinski definition) is 3. The van der Waals surface area contributed by atoms with Gasteiger partial charge < -0.3 is 5.11 Å². The van der Waals surface area contributed by atoms with Crippen LogP contribution in [0.2, 0.25) is 0 Å². The number of nitrogens with zero attached hydrogens (tertiary/aromatic N) is 3. The van der Waals surface area contributed by atoms with Crippen molar-refractivity contribution in [3.8, 4) is 5.82 Å². The molecule has 2 aromatic rings. The van der Waals surface area contributed by atoms with Crippen molar-refractivity contribution in [2.24, 2.45) is 0 Å². The van der Waals surface area contributed by atoms with Crippen molar-refractivity contribution < 1.29 is 9.90 Å². The first-order valence-electron chi connectivity index (χ1n) is 4.91. The first kappa shape index (κ1) is 11.8. The normalized spacial score (nSPS) is 10.5. The zero-order chi connectivity index (χ0) is 12.6. The Kier molecular flexibility index (Phi) is 2.97. The van der Waals surface area contributed by atoms with Crippen molar-refractivity contribution in [1.82, 2.24) is 14.8 Å². The van der Waals surface area contributed by atoms with Gasteiger partial charge >= 0.3 is 5.97 Å². The van der Waals surface area contributed by atoms with Crippen LogP contribution in [0.5, 0.6) is 0 Å². The summed E-state index contributed by atoms with van der Waals surface area (Å²) in [5.74, 6) is -0.405. The summed E-state index contributed by atoms with van der Waals surface area (Å²) in [6.45, 7) is 3.59. The molecule has 2 rings (SSSR count). The van der Waals surface area contributed by atoms with Crippen molar-refractivity contribution in [2.75, 3.05) is 0 Å². The number of carboxylic acid groups (broad SMARTS) is 1. The lowest BCUT2D eigenvalue weighted by Crippen LogP contribution is -2.00. The van der Waals surface area contributed by atoms with Crippen LogP contribution in [0.15, 0.2) is 22.9 Å². The second kappa shape index (κ2) is 4.29. The van der Waals surface area contributed by atoms with E-state index in [4.69, 9.17) is 5.11 Å². The standard InChI is InChI=1S/C11H10BrN3O2/c1-6-3-4-13-10(9(6)12)15-5-8(11(16)17)7(2)14-15/h3-5H,1-2H3,(H,16,17). The molecule has 0 aliphatic carbocycles. The van der Waals surface area contributed by atoms with Gasteiger partial charge in [-0.25, -0.2) is 14.5 Å². The summed E-state index contributed by atoms with van der Waals surface area (Å²) in [6.07, 6.45) is 3.12. The molecule has 1 N–H and O–H groups in total. The average Bonchev–Trinajstić information content (AvgIpc) is 2.64. The van der Waals surface area contributed by atoms with Crippen LogP contribution < -0.4 is 0 Å². The number of carbonyl (C=O) groups is 1. The van der Waals surface area contributed by atoms with E-state index in [0.29, 0.717) is 11.5 Å². The summed E-state index contributed by atoms with van der Waals surface area (Å²) >= 11 is 3.42. The van der Waals surface area contributed by atoms with E-state index >= 15 is 0 Å². The number of aromatic nitrogens is 3. The Hall–Kier alpha value is -1.69. The van der Waals surface area contributed by atoms with E-state index in [1.165, 1.54) is 10.9 Å². The topological polar surface area (TPSA) is 68.0 Å². The Morgan fingerprint density at radius 1 is 1.47 bits per heavy atom. The highest BCUT2D eigenvalue weighted by Crippen LogP contribution is 2.22. The van der Waals surface area contributed by atoms with Gasteiger partial charge in [-0.1, -0.05) is 0 Å². The summed E-state index contributed by atoms with van der Waals surface area (Å²) in [6, 6.07) is 1.86. The van der Waals surface area contributed by atoms with Gasteiger partial charge in [-0.3, -0.25) is 0 Å². The van der Waals surface area contributed by atoms with Crippen LogP contribution in [-0.2, 0) is 0 Å². The zero-order valence-electron chi connectivity index (χ0n) is 9.31. The van der Waals surface area contributed by atoms with Gasteiger partial charge in [0.1, 0.15) is 5.56 Å². The molecule has 0 aromatic carbocycles. The number of pyridine rings is 1. The third-order valence-electron chi connectivity index (χ3n) is 2.41. The van der Waals surface area contributed by atoms with E-state index in [1.807, 2.05) is 13.0 Å². The first-order valence-corrected chi connectivity index (χ1v) is 5.71. The minimum Gasteiger partial charge on any atom is -0.478 e. The lowest BCUT2D eigenvalue weighted by atomic mass is 10.3. The third kappa shape index (κ3) is 2.08. The monoisotopic (exact) mass is 295 g/mol. The van der Waals surface area contributed by atoms with Crippen LogP contribution in [-0.4, -0.2) is 25.8 Å². The number of hydrogen-bond donors (Lipinski definition) is 1. The van der Waals surface area contributed by atoms with Gasteiger partial charge in [0.15, 0.2) is 5.82 Å². The average molecular weight is 296 g/mol. The van der Waals surface area contributed by atoms with Crippen molar-refractivity contribution >= 4 is 21.9 Å². The summed E-state index contributed by atoms with van der Waals surface area (Å²) in [5, 5.41) is 13.1. The predicted octanol–water partition coefficient (Wildman–Crippen LogP) is 2.34. The van der Waals surface area contributed by atoms with E-state index in [2.05, 4.69) is 26.0 Å². The zero-order valence-corrected chi connectivity index (χ0v) is 10.9. The molecule has 0 unspecified atom stereocenters. The number of rotatable bonds is 2. The molecule has 6 heteroatoms. The molecule has 0 aliphatic rings. The van der Waals surface area contributed by atoms with E-state index in [-0.39, 0.29) is 5.56 Å². The molecule has 0 amide bonds. The highest BCUT2D eigenvalue weighted by molar-refractivity contribution is 9.10. The van der Waals surface area contributed by atoms with Crippen molar-refractivity contribution in [3.63, 3.8) is 0 Å². The van der Waals surface area contributed by atoms with E-state index in [1.54, 1.807) is 13.1 Å². The summed E-state index contributed by atoms with van der Waals surface area (Å²) in [7, 11) is 0. The highest BCUT2D eigenvalue weighted by atomic mass is 79.9. The minimum absolute atomic E-state index is 0.181. The molecule has 0 atom stereocenters. The first-order chi connectivity index (χ1) is 8.00. The van der Waals surface area contributed by atoms with Gasteiger partial charge in [0, 0.05) is 12.4 Å². The van der Waals surface area contributed by atoms with Crippen LogP contribution in [0, 0.1) is 13.8 Å². The van der Waals surface area contributed by atoms with Crippen LogP contribution in [0.4, 0.5) is 0 Å². The van der Waals surface area contributed by atoms with Gasteiger partial charge in [-0.15, -0.1) is 0 Å². The smallest absolute Gasteiger partial charge is 0.339 e. The fraction of sp³-hybridized carbons (Fsp3) is 0.182. The fourth-order valence-electron chi connectivity index (χ4n) is 1.46. The van der Waals surface area contributed by atoms with Crippen LogP contribution in [0.1, 0.15) is 21.6 Å². The molecule has 0 spiro atoms. The van der Waals surface area contributed by atoms with Gasteiger partial charge in [0.25, 0.3) is 0 Å². The van der Waals surface area contributed by atoms with E-state index in [9.17, 15) is 4.79 Å². The molecule has 0 fully saturated rings. The predicted molar refractivity (Wildman–Crippen MR) is 65.5 cm³/mol. The molecule has 2 heterocycles. The van der Waals surface area contributed by atoms with Gasteiger partial charge in [-0.05, 0) is 41.4 Å². The lowest BCUT2D eigenvalue weighted by Gasteiger charge is -2.04. The molecule has 0 saturated carbocycles. The Bertz CT molecular complexity index is 592. The molecular formula is C11H10BrN3O2. The van der Waals surface area contributed by atoms with Crippen LogP contribution >= 0.6 is 15.9 Å². The Balaban J connectivity index is 2.58. The van der Waals surface area contributed by atoms with Gasteiger partial charge in [0.05, 0.1) is 10.2 Å². The van der Waals surface area contributed by atoms with Crippen LogP contribution in [0.3, 0.4) is 0 Å². The Labute approximate surface area is 106 Å². The number of carboxylic acids is 1. The van der Waals surface area contributed by atoms with Crippen molar-refractivity contribution in [2.45, 2.75) is 13.8 Å². The molecular weight excluding hydrogens is 286 g/mol. The lowest BCUT2D eigenvalue weighted by molar-refractivity contribution is 0.0696. The Morgan fingerprint density at radius 2 is 2.18 bits per heavy atom. The second-order valence-electron chi connectivity index (χ2n) is 3.64. The molecule has 0 aliphatic heterocycles. The quantitative estimate of drug-likeness (QED) is 0.923. The molecule has 0 radical (unpaired) electrons. The molecule has 0 saturated heterocycles. The fourth-order valence-corrected chi connectivity index (χ4v) is 1.88. The maximum absolute atomic E-state index is 10.9. The molecule has 2 aromatic heterocycles. The largest absolute Gasteiger partial charge is 0.478 e. The Morgan fingerprint density at radius 3 is 2.76 bits per heavy atom. The van der Waals surface area contributed by atoms with Crippen LogP contribution in [0.25, 0.3) is 5.82 Å². The van der Waals surface area contributed by atoms with Gasteiger partial charge in [-0.2, -0.15) is 5.10 Å². The summed E-state index contributed by atoms with van der Waals surface area (Å²) in [4.78, 5) is 15.1. The maximum Gasteiger partial charge on any atom is 0.339 e. The second-order valence-corrected chi connectivity index (χ2v) is 4.44. The molecule has 0 bridgehead atoms. The molecule has 17 heavy (non-hydrogen) atoms. The van der Waals surface area contributed by atoms with E-state index in [0.717, 1.165) is 10.0 Å². The van der Waals surface area contributed by atoms with Crippen molar-refractivity contribution in [3.05, 3.63) is 39.8 Å². The highest BCUT2D eigenvalue weighted by Gasteiger charge is 2.15. The van der Waals surface area contributed by atoms with E-state index < -0.39 is 5.97 Å². The molecule has 5 nitrogen and oxygen atoms in total. The van der Waals surface area contributed by atoms with Gasteiger partial charge in [0.2, 0.25) is 0 Å². The number of aromatic carboxylic acids is 1. The number of aryl methyl sites for hydroxylation is 2. The molecule has 88 valence electrons. The number of halogens is 1. The van der Waals surface area contributed by atoms with Crippen molar-refractivity contribution in [1.29, 1.82) is 0 Å². The maximum atomic E-state index is 10.9. The SMILES string of the molecule is Cc1ccnc(-n2cc(C(=O)O)c(C)n2)c1Br. The third-order valence-corrected chi connectivity index (χ3v) is 3.39. The summed E-state index contributed by atoms with van der Waals surface area (Å²) < 4.78 is 2.27.